The summed E-state index contributed by atoms with van der Waals surface area (Å²) >= 11 is 0. The smallest absolute Gasteiger partial charge is 0.378 e. The monoisotopic (exact) mass is 391 g/mol. The highest BCUT2D eigenvalue weighted by Crippen LogP contribution is 2.30. The Labute approximate surface area is 158 Å². The maximum atomic E-state index is 12.6. The molecule has 0 fully saturated rings. The number of carbonyl (C=O) groups is 2. The van der Waals surface area contributed by atoms with Crippen molar-refractivity contribution in [3.05, 3.63) is 70.8 Å². The van der Waals surface area contributed by atoms with Crippen LogP contribution in [0.15, 0.2) is 48.5 Å². The van der Waals surface area contributed by atoms with Gasteiger partial charge in [0.1, 0.15) is 6.04 Å². The zero-order valence-corrected chi connectivity index (χ0v) is 14.4. The molecule has 0 aliphatic carbocycles. The summed E-state index contributed by atoms with van der Waals surface area (Å²) in [6.07, 6.45) is -6.42. The van der Waals surface area contributed by atoms with Crippen LogP contribution in [0.5, 0.6) is 0 Å². The fraction of sp³-hybridized carbons (Fsp3) is 0.211. The average molecular weight is 391 g/mol. The number of hydrogen-bond donors (Lipinski definition) is 3. The molecule has 146 valence electrons. The summed E-state index contributed by atoms with van der Waals surface area (Å²) in [5, 5.41) is 21.4. The molecule has 9 heteroatoms. The van der Waals surface area contributed by atoms with E-state index in [4.69, 9.17) is 11.0 Å². The highest BCUT2D eigenvalue weighted by atomic mass is 19.4. The number of aliphatic hydroxyl groups is 1. The third-order valence-corrected chi connectivity index (χ3v) is 4.02. The van der Waals surface area contributed by atoms with Gasteiger partial charge in [-0.2, -0.15) is 18.4 Å². The Balaban J connectivity index is 2.13. The van der Waals surface area contributed by atoms with Crippen molar-refractivity contribution in [1.82, 2.24) is 5.32 Å². The SMILES string of the molecule is N#Cc1ccccc1C[C@H](NC(=O)[C@@H](O)c1ccc(C(F)(F)F)cc1)C(N)=O. The van der Waals surface area contributed by atoms with Crippen LogP contribution in [0.25, 0.3) is 0 Å². The molecular weight excluding hydrogens is 375 g/mol. The highest BCUT2D eigenvalue weighted by Gasteiger charge is 2.31. The largest absolute Gasteiger partial charge is 0.416 e. The van der Waals surface area contributed by atoms with E-state index in [0.29, 0.717) is 11.1 Å². The molecule has 0 radical (unpaired) electrons. The van der Waals surface area contributed by atoms with Gasteiger partial charge in [-0.3, -0.25) is 9.59 Å². The summed E-state index contributed by atoms with van der Waals surface area (Å²) in [5.74, 6) is -1.89. The molecule has 4 N–H and O–H groups in total. The normalized spacial score (nSPS) is 13.2. The first-order valence-electron chi connectivity index (χ1n) is 8.06. The lowest BCUT2D eigenvalue weighted by Crippen LogP contribution is -2.47. The van der Waals surface area contributed by atoms with Gasteiger partial charge < -0.3 is 16.2 Å². The minimum atomic E-state index is -4.54. The van der Waals surface area contributed by atoms with Crippen molar-refractivity contribution in [2.75, 3.05) is 0 Å². The number of rotatable bonds is 6. The summed E-state index contributed by atoms with van der Waals surface area (Å²) < 4.78 is 37.8. The van der Waals surface area contributed by atoms with Crippen LogP contribution < -0.4 is 11.1 Å². The number of nitrogens with two attached hydrogens (primary N) is 1. The maximum Gasteiger partial charge on any atom is 0.416 e. The van der Waals surface area contributed by atoms with Crippen molar-refractivity contribution >= 4 is 11.8 Å². The van der Waals surface area contributed by atoms with Crippen LogP contribution in [0.2, 0.25) is 0 Å². The Kier molecular flexibility index (Phi) is 6.38. The number of hydrogen-bond acceptors (Lipinski definition) is 4. The number of halogens is 3. The lowest BCUT2D eigenvalue weighted by Gasteiger charge is -2.19. The molecule has 0 bridgehead atoms. The molecule has 0 unspecified atom stereocenters. The first-order chi connectivity index (χ1) is 13.1. The van der Waals surface area contributed by atoms with Crippen LogP contribution >= 0.6 is 0 Å². The molecule has 2 amide bonds. The topological polar surface area (TPSA) is 116 Å². The van der Waals surface area contributed by atoms with E-state index in [0.717, 1.165) is 24.3 Å². The van der Waals surface area contributed by atoms with Crippen molar-refractivity contribution in [3.63, 3.8) is 0 Å². The number of nitriles is 1. The Morgan fingerprint density at radius 3 is 2.29 bits per heavy atom. The lowest BCUT2D eigenvalue weighted by molar-refractivity contribution is -0.137. The van der Waals surface area contributed by atoms with Gasteiger partial charge in [-0.1, -0.05) is 30.3 Å². The van der Waals surface area contributed by atoms with Crippen LogP contribution in [0.3, 0.4) is 0 Å². The Morgan fingerprint density at radius 2 is 1.75 bits per heavy atom. The molecule has 6 nitrogen and oxygen atoms in total. The van der Waals surface area contributed by atoms with E-state index in [-0.39, 0.29) is 12.0 Å². The fourth-order valence-corrected chi connectivity index (χ4v) is 2.51. The third kappa shape index (κ3) is 5.08. The van der Waals surface area contributed by atoms with Crippen molar-refractivity contribution in [2.45, 2.75) is 24.7 Å². The highest BCUT2D eigenvalue weighted by molar-refractivity contribution is 5.89. The standard InChI is InChI=1S/C19H16F3N3O3/c20-19(21,22)14-7-5-11(6-8-14)16(26)18(28)25-15(17(24)27)9-12-3-1-2-4-13(12)10-23/h1-8,15-16,26H,9H2,(H2,24,27)(H,25,28)/t15-,16-/m0/s1. The second kappa shape index (κ2) is 8.54. The van der Waals surface area contributed by atoms with Crippen molar-refractivity contribution < 1.29 is 27.9 Å². The second-order valence-electron chi connectivity index (χ2n) is 5.96. The molecule has 2 rings (SSSR count). The predicted molar refractivity (Wildman–Crippen MR) is 92.4 cm³/mol. The number of benzene rings is 2. The number of alkyl halides is 3. The van der Waals surface area contributed by atoms with E-state index in [9.17, 15) is 27.9 Å². The van der Waals surface area contributed by atoms with Crippen molar-refractivity contribution in [2.24, 2.45) is 5.73 Å². The molecule has 0 aliphatic rings. The molecule has 2 aromatic rings. The van der Waals surface area contributed by atoms with E-state index in [1.54, 1.807) is 18.2 Å². The molecule has 0 spiro atoms. The van der Waals surface area contributed by atoms with Gasteiger partial charge >= 0.3 is 6.18 Å². The van der Waals surface area contributed by atoms with E-state index in [1.807, 2.05) is 6.07 Å². The number of aliphatic hydroxyl groups excluding tert-OH is 1. The van der Waals surface area contributed by atoms with Crippen molar-refractivity contribution in [3.8, 4) is 6.07 Å². The molecule has 0 saturated heterocycles. The Morgan fingerprint density at radius 1 is 1.14 bits per heavy atom. The lowest BCUT2D eigenvalue weighted by atomic mass is 10.00. The molecule has 0 heterocycles. The number of nitrogens with one attached hydrogen (secondary N) is 1. The summed E-state index contributed by atoms with van der Waals surface area (Å²) in [5.41, 5.74) is 5.05. The number of primary amides is 1. The van der Waals surface area contributed by atoms with Gasteiger partial charge in [0, 0.05) is 6.42 Å². The van der Waals surface area contributed by atoms with Gasteiger partial charge in [0.15, 0.2) is 6.10 Å². The minimum absolute atomic E-state index is 0.0776. The molecule has 0 aromatic heterocycles. The molecular formula is C19H16F3N3O3. The van der Waals surface area contributed by atoms with Crippen LogP contribution in [0.4, 0.5) is 13.2 Å². The minimum Gasteiger partial charge on any atom is -0.378 e. The zero-order valence-electron chi connectivity index (χ0n) is 14.4. The van der Waals surface area contributed by atoms with Crippen LogP contribution in [-0.4, -0.2) is 23.0 Å². The predicted octanol–water partition coefficient (Wildman–Crippen LogP) is 1.82. The van der Waals surface area contributed by atoms with Gasteiger partial charge in [0.2, 0.25) is 5.91 Å². The van der Waals surface area contributed by atoms with Crippen molar-refractivity contribution in [1.29, 1.82) is 5.26 Å². The van der Waals surface area contributed by atoms with Crippen LogP contribution in [0, 0.1) is 11.3 Å². The first-order valence-corrected chi connectivity index (χ1v) is 8.06. The summed E-state index contributed by atoms with van der Waals surface area (Å²) in [4.78, 5) is 23.9. The van der Waals surface area contributed by atoms with Gasteiger partial charge in [0.05, 0.1) is 17.2 Å². The number of amides is 2. The van der Waals surface area contributed by atoms with Crippen LogP contribution in [-0.2, 0) is 22.2 Å². The summed E-state index contributed by atoms with van der Waals surface area (Å²) in [6, 6.07) is 10.6. The zero-order chi connectivity index (χ0) is 20.9. The van der Waals surface area contributed by atoms with Crippen LogP contribution in [0.1, 0.15) is 28.4 Å². The van der Waals surface area contributed by atoms with E-state index in [1.165, 1.54) is 6.07 Å². The Hall–Kier alpha value is -3.38. The Bertz CT molecular complexity index is 905. The average Bonchev–Trinajstić information content (AvgIpc) is 2.66. The molecule has 2 aromatic carbocycles. The van der Waals surface area contributed by atoms with Gasteiger partial charge in [0.25, 0.3) is 5.91 Å². The maximum absolute atomic E-state index is 12.6. The fourth-order valence-electron chi connectivity index (χ4n) is 2.51. The van der Waals surface area contributed by atoms with Gasteiger partial charge in [-0.25, -0.2) is 0 Å². The van der Waals surface area contributed by atoms with E-state index < -0.39 is 35.7 Å². The number of carbonyl (C=O) groups excluding carboxylic acids is 2. The molecule has 0 saturated carbocycles. The summed E-state index contributed by atoms with van der Waals surface area (Å²) in [7, 11) is 0. The van der Waals surface area contributed by atoms with Gasteiger partial charge in [-0.15, -0.1) is 0 Å². The van der Waals surface area contributed by atoms with E-state index in [2.05, 4.69) is 5.32 Å². The summed E-state index contributed by atoms with van der Waals surface area (Å²) in [6.45, 7) is 0. The second-order valence-corrected chi connectivity index (χ2v) is 5.96. The third-order valence-electron chi connectivity index (χ3n) is 4.02. The molecule has 0 aliphatic heterocycles. The number of nitrogens with zero attached hydrogens (tertiary/aromatic N) is 1. The van der Waals surface area contributed by atoms with E-state index >= 15 is 0 Å². The first kappa shape index (κ1) is 20.9. The molecule has 28 heavy (non-hydrogen) atoms. The van der Waals surface area contributed by atoms with Gasteiger partial charge in [-0.05, 0) is 29.3 Å². The molecule has 2 atom stereocenters. The quantitative estimate of drug-likeness (QED) is 0.696.